The summed E-state index contributed by atoms with van der Waals surface area (Å²) in [6.45, 7) is 1.93. The topological polar surface area (TPSA) is 21.6 Å². The molecule has 0 N–H and O–H groups in total. The fourth-order valence-electron chi connectivity index (χ4n) is 0.371. The molecule has 0 atom stereocenters. The van der Waals surface area contributed by atoms with Gasteiger partial charge in [-0.3, -0.25) is 0 Å². The molecule has 0 saturated carbocycles. The van der Waals surface area contributed by atoms with Crippen LogP contribution in [0.25, 0.3) is 0 Å². The Hall–Kier alpha value is -0.500. The van der Waals surface area contributed by atoms with Crippen molar-refractivity contribution in [1.82, 2.24) is 0 Å². The standard InChI is InChI=1S/C6H10ClNO/c1-3-4-5-6(8-7)9-2/h3-4H,5H2,1-2H3/b4-3+,8-6+. The predicted molar refractivity (Wildman–Crippen MR) is 39.7 cm³/mol. The smallest absolute Gasteiger partial charge is 0.204 e. The largest absolute Gasteiger partial charge is 0.483 e. The highest BCUT2D eigenvalue weighted by Crippen LogP contribution is 1.92. The van der Waals surface area contributed by atoms with Gasteiger partial charge in [-0.2, -0.15) is 0 Å². The Morgan fingerprint density at radius 3 is 2.78 bits per heavy atom. The van der Waals surface area contributed by atoms with Crippen LogP contribution in [0.3, 0.4) is 0 Å². The Kier molecular flexibility index (Phi) is 5.32. The molecule has 0 heterocycles. The van der Waals surface area contributed by atoms with Crippen molar-refractivity contribution in [3.8, 4) is 0 Å². The molecule has 0 radical (unpaired) electrons. The van der Waals surface area contributed by atoms with Crippen molar-refractivity contribution in [1.29, 1.82) is 0 Å². The highest BCUT2D eigenvalue weighted by molar-refractivity contribution is 6.19. The Morgan fingerprint density at radius 2 is 2.44 bits per heavy atom. The van der Waals surface area contributed by atoms with Crippen LogP contribution < -0.4 is 0 Å². The van der Waals surface area contributed by atoms with Crippen molar-refractivity contribution in [2.45, 2.75) is 13.3 Å². The molecular formula is C6H10ClNO. The number of rotatable bonds is 2. The zero-order valence-electron chi connectivity index (χ0n) is 5.60. The molecule has 0 spiro atoms. The highest BCUT2D eigenvalue weighted by Gasteiger charge is 1.90. The van der Waals surface area contributed by atoms with E-state index in [1.54, 1.807) is 7.11 Å². The molecule has 0 unspecified atom stereocenters. The third kappa shape index (κ3) is 4.03. The Morgan fingerprint density at radius 1 is 1.78 bits per heavy atom. The van der Waals surface area contributed by atoms with Crippen LogP contribution in [-0.4, -0.2) is 13.0 Å². The van der Waals surface area contributed by atoms with Crippen LogP contribution >= 0.6 is 11.8 Å². The predicted octanol–water partition coefficient (Wildman–Crippen LogP) is 2.15. The first kappa shape index (κ1) is 8.50. The number of methoxy groups -OCH3 is 1. The van der Waals surface area contributed by atoms with Crippen LogP contribution in [0.1, 0.15) is 13.3 Å². The Bertz CT molecular complexity index is 120. The quantitative estimate of drug-likeness (QED) is 0.333. The molecule has 3 heteroatoms. The molecule has 2 nitrogen and oxygen atoms in total. The summed E-state index contributed by atoms with van der Waals surface area (Å²) in [5.74, 6) is 0.537. The molecule has 0 amide bonds. The molecule has 0 saturated heterocycles. The second kappa shape index (κ2) is 5.63. The summed E-state index contributed by atoms with van der Waals surface area (Å²) < 4.78 is 8.13. The zero-order valence-corrected chi connectivity index (χ0v) is 6.35. The molecule has 0 aromatic rings. The van der Waals surface area contributed by atoms with E-state index in [2.05, 4.69) is 4.51 Å². The number of allylic oxidation sites excluding steroid dienone is 1. The lowest BCUT2D eigenvalue weighted by Crippen LogP contribution is -1.96. The van der Waals surface area contributed by atoms with Gasteiger partial charge in [0.1, 0.15) is 0 Å². The van der Waals surface area contributed by atoms with Crippen LogP contribution in [-0.2, 0) is 4.74 Å². The summed E-state index contributed by atoms with van der Waals surface area (Å²) in [7, 11) is 1.55. The van der Waals surface area contributed by atoms with E-state index >= 15 is 0 Å². The number of hydrogen-bond acceptors (Lipinski definition) is 2. The number of halogens is 1. The lowest BCUT2D eigenvalue weighted by Gasteiger charge is -1.95. The summed E-state index contributed by atoms with van der Waals surface area (Å²) in [5.41, 5.74) is 0. The molecule has 52 valence electrons. The van der Waals surface area contributed by atoms with Gasteiger partial charge in [0.2, 0.25) is 5.90 Å². The van der Waals surface area contributed by atoms with Crippen molar-refractivity contribution < 1.29 is 4.74 Å². The lowest BCUT2D eigenvalue weighted by molar-refractivity contribution is 0.396. The van der Waals surface area contributed by atoms with Crippen molar-refractivity contribution in [3.63, 3.8) is 0 Å². The first-order valence-corrected chi connectivity index (χ1v) is 3.02. The number of ether oxygens (including phenoxy) is 1. The van der Waals surface area contributed by atoms with Gasteiger partial charge in [-0.1, -0.05) is 12.2 Å². The van der Waals surface area contributed by atoms with Crippen molar-refractivity contribution in [2.75, 3.05) is 7.11 Å². The first-order valence-electron chi connectivity index (χ1n) is 2.68. The SMILES string of the molecule is C/C=C/C/C(=N\Cl)OC. The van der Waals surface area contributed by atoms with Gasteiger partial charge in [0.05, 0.1) is 7.11 Å². The summed E-state index contributed by atoms with van der Waals surface area (Å²) in [6.07, 6.45) is 4.50. The summed E-state index contributed by atoms with van der Waals surface area (Å²) in [4.78, 5) is 0. The monoisotopic (exact) mass is 147 g/mol. The Balaban J connectivity index is 3.58. The molecular weight excluding hydrogens is 138 g/mol. The summed E-state index contributed by atoms with van der Waals surface area (Å²) in [6, 6.07) is 0. The van der Waals surface area contributed by atoms with Crippen LogP contribution in [0.4, 0.5) is 0 Å². The van der Waals surface area contributed by atoms with Crippen molar-refractivity contribution in [2.24, 2.45) is 4.51 Å². The van der Waals surface area contributed by atoms with E-state index < -0.39 is 0 Å². The maximum atomic E-state index is 5.13. The third-order valence-electron chi connectivity index (χ3n) is 0.858. The van der Waals surface area contributed by atoms with E-state index in [1.807, 2.05) is 19.1 Å². The maximum Gasteiger partial charge on any atom is 0.204 e. The molecule has 0 aliphatic rings. The highest BCUT2D eigenvalue weighted by atomic mass is 35.5. The van der Waals surface area contributed by atoms with Gasteiger partial charge in [-0.05, 0) is 6.92 Å². The van der Waals surface area contributed by atoms with Crippen molar-refractivity contribution in [3.05, 3.63) is 12.2 Å². The van der Waals surface area contributed by atoms with Crippen molar-refractivity contribution >= 4 is 17.7 Å². The van der Waals surface area contributed by atoms with E-state index in [1.165, 1.54) is 0 Å². The minimum atomic E-state index is 0.537. The van der Waals surface area contributed by atoms with E-state index in [0.29, 0.717) is 12.3 Å². The average Bonchev–Trinajstić information content (AvgIpc) is 1.91. The minimum absolute atomic E-state index is 0.537. The van der Waals surface area contributed by atoms with Gasteiger partial charge in [0.15, 0.2) is 0 Å². The molecule has 0 rings (SSSR count). The average molecular weight is 148 g/mol. The third-order valence-corrected chi connectivity index (χ3v) is 1.05. The zero-order chi connectivity index (χ0) is 7.11. The lowest BCUT2D eigenvalue weighted by atomic mass is 10.4. The second-order valence-corrected chi connectivity index (χ2v) is 1.62. The van der Waals surface area contributed by atoms with E-state index in [9.17, 15) is 0 Å². The van der Waals surface area contributed by atoms with Gasteiger partial charge in [0, 0.05) is 18.2 Å². The van der Waals surface area contributed by atoms with Gasteiger partial charge in [0.25, 0.3) is 0 Å². The number of hydrogen-bond donors (Lipinski definition) is 0. The van der Waals surface area contributed by atoms with E-state index in [0.717, 1.165) is 0 Å². The van der Waals surface area contributed by atoms with Gasteiger partial charge >= 0.3 is 0 Å². The van der Waals surface area contributed by atoms with Crippen LogP contribution in [0, 0.1) is 0 Å². The van der Waals surface area contributed by atoms with E-state index in [-0.39, 0.29) is 0 Å². The summed E-state index contributed by atoms with van der Waals surface area (Å²) in [5, 5.41) is 0. The molecule has 0 aromatic carbocycles. The fraction of sp³-hybridized carbons (Fsp3) is 0.500. The minimum Gasteiger partial charge on any atom is -0.483 e. The van der Waals surface area contributed by atoms with Crippen LogP contribution in [0.15, 0.2) is 16.7 Å². The molecule has 0 aliphatic carbocycles. The van der Waals surface area contributed by atoms with Crippen LogP contribution in [0.5, 0.6) is 0 Å². The fourth-order valence-corrected chi connectivity index (χ4v) is 0.509. The molecule has 0 bridgehead atoms. The number of nitrogens with zero attached hydrogens (tertiary/aromatic N) is 1. The van der Waals surface area contributed by atoms with Gasteiger partial charge < -0.3 is 4.74 Å². The van der Waals surface area contributed by atoms with Gasteiger partial charge in [-0.15, -0.1) is 4.51 Å². The normalized spacial score (nSPS) is 12.6. The van der Waals surface area contributed by atoms with Crippen LogP contribution in [0.2, 0.25) is 0 Å². The Labute approximate surface area is 60.3 Å². The first-order chi connectivity index (χ1) is 4.35. The summed E-state index contributed by atoms with van der Waals surface area (Å²) >= 11 is 5.13. The molecule has 9 heavy (non-hydrogen) atoms. The second-order valence-electron chi connectivity index (χ2n) is 1.46. The van der Waals surface area contributed by atoms with E-state index in [4.69, 9.17) is 16.5 Å². The molecule has 0 fully saturated rings. The molecule has 0 aromatic heterocycles. The molecule has 0 aliphatic heterocycles. The van der Waals surface area contributed by atoms with Gasteiger partial charge in [-0.25, -0.2) is 0 Å². The maximum absolute atomic E-state index is 5.13.